The van der Waals surface area contributed by atoms with E-state index in [1.54, 1.807) is 18.2 Å². The quantitative estimate of drug-likeness (QED) is 0.789. The Bertz CT molecular complexity index is 879. The number of hydrogen-bond donors (Lipinski definition) is 1. The molecule has 0 spiro atoms. The Kier molecular flexibility index (Phi) is 3.89. The van der Waals surface area contributed by atoms with E-state index in [0.29, 0.717) is 4.80 Å². The third-order valence-corrected chi connectivity index (χ3v) is 3.94. The standard InChI is InChI=1S/C17H14N2O2S/c1-12(20)18-17-19(14-8-5-9-15(21)10-14)16(11-22-17)13-6-3-2-4-7-13/h2-11,21H,1H3. The lowest BCUT2D eigenvalue weighted by Crippen LogP contribution is -2.15. The Morgan fingerprint density at radius 3 is 2.59 bits per heavy atom. The van der Waals surface area contributed by atoms with Crippen molar-refractivity contribution in [2.24, 2.45) is 4.99 Å². The van der Waals surface area contributed by atoms with Crippen LogP contribution < -0.4 is 4.80 Å². The maximum atomic E-state index is 11.4. The summed E-state index contributed by atoms with van der Waals surface area (Å²) in [6, 6.07) is 16.8. The number of nitrogens with zero attached hydrogens (tertiary/aromatic N) is 2. The first-order valence-electron chi connectivity index (χ1n) is 6.76. The monoisotopic (exact) mass is 310 g/mol. The lowest BCUT2D eigenvalue weighted by molar-refractivity contribution is -0.116. The summed E-state index contributed by atoms with van der Waals surface area (Å²) in [5.74, 6) is -0.0839. The van der Waals surface area contributed by atoms with Crippen LogP contribution in [0.2, 0.25) is 0 Å². The average molecular weight is 310 g/mol. The van der Waals surface area contributed by atoms with Crippen LogP contribution in [0.5, 0.6) is 5.75 Å². The van der Waals surface area contributed by atoms with Gasteiger partial charge in [-0.3, -0.25) is 9.36 Å². The van der Waals surface area contributed by atoms with Crippen LogP contribution in [0.3, 0.4) is 0 Å². The van der Waals surface area contributed by atoms with Crippen LogP contribution in [-0.2, 0) is 4.79 Å². The van der Waals surface area contributed by atoms with Gasteiger partial charge < -0.3 is 5.11 Å². The Hall–Kier alpha value is -2.66. The second-order valence-electron chi connectivity index (χ2n) is 4.76. The number of phenols is 1. The van der Waals surface area contributed by atoms with Crippen LogP contribution in [0, 0.1) is 0 Å². The fourth-order valence-corrected chi connectivity index (χ4v) is 3.16. The van der Waals surface area contributed by atoms with Crippen molar-refractivity contribution in [2.45, 2.75) is 6.92 Å². The van der Waals surface area contributed by atoms with Crippen molar-refractivity contribution in [1.82, 2.24) is 4.57 Å². The second-order valence-corrected chi connectivity index (χ2v) is 5.59. The number of carbonyl (C=O) groups is 1. The van der Waals surface area contributed by atoms with Crippen molar-refractivity contribution in [2.75, 3.05) is 0 Å². The molecule has 0 bridgehead atoms. The molecule has 3 aromatic rings. The van der Waals surface area contributed by atoms with Crippen molar-refractivity contribution in [3.8, 4) is 22.7 Å². The Balaban J connectivity index is 2.29. The molecule has 3 rings (SSSR count). The fourth-order valence-electron chi connectivity index (χ4n) is 2.22. The Labute approximate surface area is 131 Å². The molecule has 0 aliphatic rings. The Morgan fingerprint density at radius 1 is 1.14 bits per heavy atom. The molecular formula is C17H14N2O2S. The van der Waals surface area contributed by atoms with Gasteiger partial charge in [0.15, 0.2) is 4.80 Å². The molecule has 1 heterocycles. The lowest BCUT2D eigenvalue weighted by Gasteiger charge is -2.09. The van der Waals surface area contributed by atoms with E-state index in [1.807, 2.05) is 46.3 Å². The largest absolute Gasteiger partial charge is 0.508 e. The smallest absolute Gasteiger partial charge is 0.245 e. The van der Waals surface area contributed by atoms with Crippen LogP contribution in [0.4, 0.5) is 0 Å². The normalized spacial score (nSPS) is 11.6. The predicted molar refractivity (Wildman–Crippen MR) is 87.0 cm³/mol. The summed E-state index contributed by atoms with van der Waals surface area (Å²) in [6.45, 7) is 1.43. The first-order chi connectivity index (χ1) is 10.6. The van der Waals surface area contributed by atoms with Gasteiger partial charge in [0.05, 0.1) is 11.4 Å². The molecule has 5 heteroatoms. The summed E-state index contributed by atoms with van der Waals surface area (Å²) in [7, 11) is 0. The number of rotatable bonds is 2. The van der Waals surface area contributed by atoms with E-state index in [-0.39, 0.29) is 11.7 Å². The van der Waals surface area contributed by atoms with Gasteiger partial charge in [0.1, 0.15) is 5.75 Å². The molecule has 2 aromatic carbocycles. The molecule has 1 N–H and O–H groups in total. The summed E-state index contributed by atoms with van der Waals surface area (Å²) < 4.78 is 1.88. The molecule has 0 saturated heterocycles. The van der Waals surface area contributed by atoms with Gasteiger partial charge in [0, 0.05) is 18.4 Å². The summed E-state index contributed by atoms with van der Waals surface area (Å²) >= 11 is 1.39. The molecule has 0 unspecified atom stereocenters. The van der Waals surface area contributed by atoms with Crippen molar-refractivity contribution in [3.63, 3.8) is 0 Å². The van der Waals surface area contributed by atoms with E-state index >= 15 is 0 Å². The van der Waals surface area contributed by atoms with Crippen molar-refractivity contribution < 1.29 is 9.90 Å². The molecular weight excluding hydrogens is 296 g/mol. The number of carbonyl (C=O) groups excluding carboxylic acids is 1. The zero-order valence-electron chi connectivity index (χ0n) is 11.9. The van der Waals surface area contributed by atoms with Gasteiger partial charge in [0.25, 0.3) is 0 Å². The number of benzene rings is 2. The van der Waals surface area contributed by atoms with Crippen LogP contribution in [0.25, 0.3) is 16.9 Å². The van der Waals surface area contributed by atoms with Gasteiger partial charge in [-0.25, -0.2) is 0 Å². The molecule has 22 heavy (non-hydrogen) atoms. The van der Waals surface area contributed by atoms with E-state index in [2.05, 4.69) is 4.99 Å². The van der Waals surface area contributed by atoms with Crippen molar-refractivity contribution in [3.05, 3.63) is 64.8 Å². The van der Waals surface area contributed by atoms with Gasteiger partial charge in [-0.15, -0.1) is 11.3 Å². The zero-order chi connectivity index (χ0) is 15.5. The summed E-state index contributed by atoms with van der Waals surface area (Å²) in [4.78, 5) is 16.0. The fraction of sp³-hybridized carbons (Fsp3) is 0.0588. The van der Waals surface area contributed by atoms with Crippen LogP contribution >= 0.6 is 11.3 Å². The predicted octanol–water partition coefficient (Wildman–Crippen LogP) is 3.36. The molecule has 1 aromatic heterocycles. The first kappa shape index (κ1) is 14.3. The highest BCUT2D eigenvalue weighted by Gasteiger charge is 2.10. The molecule has 0 atom stereocenters. The van der Waals surface area contributed by atoms with Crippen LogP contribution in [-0.4, -0.2) is 15.6 Å². The van der Waals surface area contributed by atoms with Gasteiger partial charge in [-0.2, -0.15) is 4.99 Å². The van der Waals surface area contributed by atoms with Crippen LogP contribution in [0.1, 0.15) is 6.92 Å². The first-order valence-corrected chi connectivity index (χ1v) is 7.64. The maximum absolute atomic E-state index is 11.4. The molecule has 0 aliphatic heterocycles. The van der Waals surface area contributed by atoms with E-state index in [9.17, 15) is 9.90 Å². The number of amides is 1. The molecule has 110 valence electrons. The third-order valence-electron chi connectivity index (χ3n) is 3.12. The number of aromatic nitrogens is 1. The minimum absolute atomic E-state index is 0.170. The lowest BCUT2D eigenvalue weighted by atomic mass is 10.1. The highest BCUT2D eigenvalue weighted by molar-refractivity contribution is 7.07. The molecule has 0 radical (unpaired) electrons. The number of hydrogen-bond acceptors (Lipinski definition) is 3. The molecule has 1 amide bonds. The SMILES string of the molecule is CC(=O)N=c1scc(-c2ccccc2)n1-c1cccc(O)c1. The summed E-state index contributed by atoms with van der Waals surface area (Å²) in [5.41, 5.74) is 2.71. The van der Waals surface area contributed by atoms with E-state index < -0.39 is 0 Å². The minimum Gasteiger partial charge on any atom is -0.508 e. The second kappa shape index (κ2) is 5.99. The van der Waals surface area contributed by atoms with Crippen molar-refractivity contribution >= 4 is 17.2 Å². The van der Waals surface area contributed by atoms with E-state index in [4.69, 9.17) is 0 Å². The highest BCUT2D eigenvalue weighted by atomic mass is 32.1. The summed E-state index contributed by atoms with van der Waals surface area (Å²) in [6.07, 6.45) is 0. The van der Waals surface area contributed by atoms with E-state index in [0.717, 1.165) is 16.9 Å². The highest BCUT2D eigenvalue weighted by Crippen LogP contribution is 2.24. The third kappa shape index (κ3) is 2.84. The molecule has 0 fully saturated rings. The van der Waals surface area contributed by atoms with Gasteiger partial charge in [-0.05, 0) is 17.7 Å². The molecule has 0 saturated carbocycles. The minimum atomic E-state index is -0.254. The van der Waals surface area contributed by atoms with Crippen molar-refractivity contribution in [1.29, 1.82) is 0 Å². The van der Waals surface area contributed by atoms with E-state index in [1.165, 1.54) is 18.3 Å². The number of aromatic hydroxyl groups is 1. The topological polar surface area (TPSA) is 54.6 Å². The van der Waals surface area contributed by atoms with Crippen LogP contribution in [0.15, 0.2) is 65.0 Å². The average Bonchev–Trinajstić information content (AvgIpc) is 2.91. The Morgan fingerprint density at radius 2 is 1.91 bits per heavy atom. The number of phenolic OH excluding ortho intramolecular Hbond substituents is 1. The van der Waals surface area contributed by atoms with Gasteiger partial charge in [-0.1, -0.05) is 36.4 Å². The molecule has 4 nitrogen and oxygen atoms in total. The zero-order valence-corrected chi connectivity index (χ0v) is 12.7. The summed E-state index contributed by atoms with van der Waals surface area (Å²) in [5, 5.41) is 11.7. The van der Waals surface area contributed by atoms with Gasteiger partial charge in [0.2, 0.25) is 5.91 Å². The maximum Gasteiger partial charge on any atom is 0.245 e. The molecule has 0 aliphatic carbocycles. The van der Waals surface area contributed by atoms with Gasteiger partial charge >= 0.3 is 0 Å². The number of thiazole rings is 1.